The van der Waals surface area contributed by atoms with Gasteiger partial charge < -0.3 is 4.74 Å². The lowest BCUT2D eigenvalue weighted by atomic mass is 10.0. The Hall–Kier alpha value is -1.02. The van der Waals surface area contributed by atoms with Gasteiger partial charge in [-0.1, -0.05) is 26.0 Å². The van der Waals surface area contributed by atoms with Gasteiger partial charge in [0.25, 0.3) is 0 Å². The number of nitrogens with zero attached hydrogens (tertiary/aromatic N) is 1. The van der Waals surface area contributed by atoms with Crippen LogP contribution in [0.15, 0.2) is 18.2 Å². The van der Waals surface area contributed by atoms with Gasteiger partial charge in [-0.3, -0.25) is 4.90 Å². The van der Waals surface area contributed by atoms with Crippen LogP contribution in [-0.4, -0.2) is 25.1 Å². The van der Waals surface area contributed by atoms with E-state index in [4.69, 9.17) is 4.74 Å². The third kappa shape index (κ3) is 2.54. The molecule has 100 valence electrons. The Labute approximate surface area is 111 Å². The van der Waals surface area contributed by atoms with E-state index in [1.54, 1.807) is 7.11 Å². The molecular formula is C16H25NO. The van der Waals surface area contributed by atoms with Crippen molar-refractivity contribution in [3.05, 3.63) is 29.3 Å². The van der Waals surface area contributed by atoms with Gasteiger partial charge in [-0.25, -0.2) is 0 Å². The molecule has 1 aliphatic rings. The number of aryl methyl sites for hydroxylation is 1. The highest BCUT2D eigenvalue weighted by atomic mass is 16.5. The third-order valence-corrected chi connectivity index (χ3v) is 3.86. The van der Waals surface area contributed by atoms with Gasteiger partial charge >= 0.3 is 0 Å². The molecule has 2 rings (SSSR count). The molecule has 1 aromatic rings. The largest absolute Gasteiger partial charge is 0.496 e. The fraction of sp³-hybridized carbons (Fsp3) is 0.625. The van der Waals surface area contributed by atoms with Crippen LogP contribution in [0.1, 0.15) is 50.3 Å². The minimum absolute atomic E-state index is 0.566. The first kappa shape index (κ1) is 13.4. The van der Waals surface area contributed by atoms with Crippen LogP contribution in [0.4, 0.5) is 0 Å². The van der Waals surface area contributed by atoms with Crippen LogP contribution in [0.5, 0.6) is 5.75 Å². The Morgan fingerprint density at radius 1 is 1.22 bits per heavy atom. The molecule has 0 heterocycles. The Balaban J connectivity index is 2.28. The molecule has 0 bridgehead atoms. The van der Waals surface area contributed by atoms with Crippen LogP contribution in [0.3, 0.4) is 0 Å². The predicted octanol–water partition coefficient (Wildman–Crippen LogP) is 3.80. The van der Waals surface area contributed by atoms with E-state index in [1.165, 1.54) is 49.9 Å². The minimum Gasteiger partial charge on any atom is -0.496 e. The van der Waals surface area contributed by atoms with Gasteiger partial charge in [-0.15, -0.1) is 0 Å². The van der Waals surface area contributed by atoms with E-state index in [9.17, 15) is 0 Å². The lowest BCUT2D eigenvalue weighted by Gasteiger charge is -2.29. The standard InChI is InChI=1S/C16H25NO/c1-4-11-17(12-5-2)14-10-9-13-7-6-8-15(18-3)16(13)14/h6-8,14H,4-5,9-12H2,1-3H3/t14-/m1/s1. The van der Waals surface area contributed by atoms with Crippen molar-refractivity contribution in [1.29, 1.82) is 0 Å². The summed E-state index contributed by atoms with van der Waals surface area (Å²) in [6, 6.07) is 7.04. The molecule has 18 heavy (non-hydrogen) atoms. The number of methoxy groups -OCH3 is 1. The molecule has 0 aliphatic heterocycles. The quantitative estimate of drug-likeness (QED) is 0.758. The molecule has 0 unspecified atom stereocenters. The van der Waals surface area contributed by atoms with Gasteiger partial charge in [-0.2, -0.15) is 0 Å². The SMILES string of the molecule is CCCN(CCC)[C@@H]1CCc2cccc(OC)c21. The first-order valence-electron chi connectivity index (χ1n) is 7.21. The summed E-state index contributed by atoms with van der Waals surface area (Å²) in [5.41, 5.74) is 2.93. The van der Waals surface area contributed by atoms with E-state index in [-0.39, 0.29) is 0 Å². The number of ether oxygens (including phenoxy) is 1. The number of hydrogen-bond acceptors (Lipinski definition) is 2. The molecule has 0 N–H and O–H groups in total. The lowest BCUT2D eigenvalue weighted by Crippen LogP contribution is -2.29. The van der Waals surface area contributed by atoms with Crippen LogP contribution in [0.2, 0.25) is 0 Å². The van der Waals surface area contributed by atoms with E-state index in [1.807, 2.05) is 0 Å². The van der Waals surface area contributed by atoms with Crippen LogP contribution < -0.4 is 4.74 Å². The summed E-state index contributed by atoms with van der Waals surface area (Å²) in [5.74, 6) is 1.08. The average molecular weight is 247 g/mol. The molecule has 0 saturated heterocycles. The molecule has 0 fully saturated rings. The number of hydrogen-bond donors (Lipinski definition) is 0. The third-order valence-electron chi connectivity index (χ3n) is 3.86. The Bertz CT molecular complexity index is 383. The number of rotatable bonds is 6. The highest BCUT2D eigenvalue weighted by Gasteiger charge is 2.29. The molecule has 0 amide bonds. The van der Waals surface area contributed by atoms with E-state index < -0.39 is 0 Å². The Kier molecular flexibility index (Phi) is 4.65. The van der Waals surface area contributed by atoms with Gasteiger partial charge in [0.15, 0.2) is 0 Å². The van der Waals surface area contributed by atoms with Crippen molar-refractivity contribution in [2.45, 2.75) is 45.6 Å². The molecule has 0 spiro atoms. The summed E-state index contributed by atoms with van der Waals surface area (Å²) >= 11 is 0. The molecule has 1 atom stereocenters. The molecule has 1 aromatic carbocycles. The maximum absolute atomic E-state index is 5.57. The summed E-state index contributed by atoms with van der Waals surface area (Å²) in [6.07, 6.45) is 4.89. The molecule has 2 nitrogen and oxygen atoms in total. The zero-order chi connectivity index (χ0) is 13.0. The van der Waals surface area contributed by atoms with Crippen molar-refractivity contribution in [3.63, 3.8) is 0 Å². The number of fused-ring (bicyclic) bond motifs is 1. The summed E-state index contributed by atoms with van der Waals surface area (Å²) in [7, 11) is 1.79. The van der Waals surface area contributed by atoms with Crippen LogP contribution in [-0.2, 0) is 6.42 Å². The second kappa shape index (κ2) is 6.24. The van der Waals surface area contributed by atoms with Crippen molar-refractivity contribution in [1.82, 2.24) is 4.90 Å². The topological polar surface area (TPSA) is 12.5 Å². The van der Waals surface area contributed by atoms with Crippen molar-refractivity contribution in [2.24, 2.45) is 0 Å². The highest BCUT2D eigenvalue weighted by molar-refractivity contribution is 5.45. The molecule has 0 aromatic heterocycles. The minimum atomic E-state index is 0.566. The van der Waals surface area contributed by atoms with Crippen molar-refractivity contribution in [3.8, 4) is 5.75 Å². The van der Waals surface area contributed by atoms with Gasteiger partial charge in [0.05, 0.1) is 7.11 Å². The monoisotopic (exact) mass is 247 g/mol. The molecular weight excluding hydrogens is 222 g/mol. The first-order chi connectivity index (χ1) is 8.81. The number of benzene rings is 1. The smallest absolute Gasteiger partial charge is 0.123 e. The Morgan fingerprint density at radius 2 is 1.94 bits per heavy atom. The fourth-order valence-corrected chi connectivity index (χ4v) is 3.16. The van der Waals surface area contributed by atoms with E-state index >= 15 is 0 Å². The van der Waals surface area contributed by atoms with Gasteiger partial charge in [-0.05, 0) is 50.4 Å². The van der Waals surface area contributed by atoms with E-state index in [2.05, 4.69) is 36.9 Å². The predicted molar refractivity (Wildman–Crippen MR) is 76.2 cm³/mol. The van der Waals surface area contributed by atoms with Crippen LogP contribution >= 0.6 is 0 Å². The maximum atomic E-state index is 5.57. The van der Waals surface area contributed by atoms with Gasteiger partial charge in [0, 0.05) is 11.6 Å². The molecule has 1 aliphatic carbocycles. The summed E-state index contributed by atoms with van der Waals surface area (Å²) in [4.78, 5) is 2.63. The normalized spacial score (nSPS) is 18.1. The average Bonchev–Trinajstić information content (AvgIpc) is 2.82. The Morgan fingerprint density at radius 3 is 2.56 bits per heavy atom. The van der Waals surface area contributed by atoms with Gasteiger partial charge in [0.1, 0.15) is 5.75 Å². The van der Waals surface area contributed by atoms with Crippen molar-refractivity contribution >= 4 is 0 Å². The summed E-state index contributed by atoms with van der Waals surface area (Å²) < 4.78 is 5.57. The molecule has 0 saturated carbocycles. The summed E-state index contributed by atoms with van der Waals surface area (Å²) in [6.45, 7) is 6.91. The van der Waals surface area contributed by atoms with Crippen molar-refractivity contribution < 1.29 is 4.74 Å². The molecule has 2 heteroatoms. The van der Waals surface area contributed by atoms with Crippen LogP contribution in [0.25, 0.3) is 0 Å². The maximum Gasteiger partial charge on any atom is 0.123 e. The fourth-order valence-electron chi connectivity index (χ4n) is 3.16. The van der Waals surface area contributed by atoms with E-state index in [0.717, 1.165) is 5.75 Å². The van der Waals surface area contributed by atoms with Crippen LogP contribution in [0, 0.1) is 0 Å². The second-order valence-corrected chi connectivity index (χ2v) is 5.12. The lowest BCUT2D eigenvalue weighted by molar-refractivity contribution is 0.194. The van der Waals surface area contributed by atoms with Gasteiger partial charge in [0.2, 0.25) is 0 Å². The molecule has 0 radical (unpaired) electrons. The zero-order valence-corrected chi connectivity index (χ0v) is 11.9. The second-order valence-electron chi connectivity index (χ2n) is 5.12. The summed E-state index contributed by atoms with van der Waals surface area (Å²) in [5, 5.41) is 0. The highest BCUT2D eigenvalue weighted by Crippen LogP contribution is 2.41. The van der Waals surface area contributed by atoms with Crippen molar-refractivity contribution in [2.75, 3.05) is 20.2 Å². The first-order valence-corrected chi connectivity index (χ1v) is 7.21. The van der Waals surface area contributed by atoms with E-state index in [0.29, 0.717) is 6.04 Å². The zero-order valence-electron chi connectivity index (χ0n) is 11.9.